The van der Waals surface area contributed by atoms with Gasteiger partial charge in [0, 0.05) is 11.1 Å². The number of imidazole rings is 1. The van der Waals surface area contributed by atoms with Gasteiger partial charge < -0.3 is 0 Å². The fraction of sp³-hybridized carbons (Fsp3) is 0.708. The highest BCUT2D eigenvalue weighted by Crippen LogP contribution is 2.44. The SMILES string of the molecule is CC.CN(C(C)(C)C(C)(C)C)C(C)(C)C(C)(C)c1[nH]c2ccccc2[n+]1C. The number of nitrogens with one attached hydrogen (secondary N) is 1. The van der Waals surface area contributed by atoms with E-state index in [1.54, 1.807) is 0 Å². The van der Waals surface area contributed by atoms with Crippen molar-refractivity contribution in [1.82, 2.24) is 9.88 Å². The first kappa shape index (κ1) is 23.7. The number of fused-ring (bicyclic) bond motifs is 1. The van der Waals surface area contributed by atoms with E-state index >= 15 is 0 Å². The van der Waals surface area contributed by atoms with Crippen LogP contribution in [-0.4, -0.2) is 28.0 Å². The molecule has 0 atom stereocenters. The molecule has 0 radical (unpaired) electrons. The Labute approximate surface area is 168 Å². The highest BCUT2D eigenvalue weighted by Gasteiger charge is 2.53. The molecule has 3 nitrogen and oxygen atoms in total. The van der Waals surface area contributed by atoms with Crippen LogP contribution in [-0.2, 0) is 12.5 Å². The van der Waals surface area contributed by atoms with Gasteiger partial charge in [0.2, 0.25) is 0 Å². The smallest absolute Gasteiger partial charge is 0.262 e. The topological polar surface area (TPSA) is 22.9 Å². The summed E-state index contributed by atoms with van der Waals surface area (Å²) in [6.45, 7) is 25.1. The molecule has 2 rings (SSSR count). The van der Waals surface area contributed by atoms with E-state index in [-0.39, 0.29) is 21.9 Å². The van der Waals surface area contributed by atoms with Gasteiger partial charge in [-0.1, -0.05) is 46.8 Å². The summed E-state index contributed by atoms with van der Waals surface area (Å²) in [4.78, 5) is 6.25. The molecule has 0 bridgehead atoms. The van der Waals surface area contributed by atoms with Crippen molar-refractivity contribution < 1.29 is 4.57 Å². The molecule has 2 aromatic rings. The lowest BCUT2D eigenvalue weighted by atomic mass is 9.67. The van der Waals surface area contributed by atoms with Gasteiger partial charge in [-0.2, -0.15) is 0 Å². The molecular formula is C24H44N3+. The van der Waals surface area contributed by atoms with Gasteiger partial charge >= 0.3 is 0 Å². The summed E-state index contributed by atoms with van der Waals surface area (Å²) in [6.07, 6.45) is 0. The Kier molecular flexibility index (Phi) is 6.65. The minimum Gasteiger partial charge on any atom is -0.294 e. The van der Waals surface area contributed by atoms with Crippen LogP contribution in [0.5, 0.6) is 0 Å². The van der Waals surface area contributed by atoms with Crippen LogP contribution >= 0.6 is 0 Å². The molecule has 0 fully saturated rings. The van der Waals surface area contributed by atoms with Gasteiger partial charge in [-0.15, -0.1) is 0 Å². The maximum atomic E-state index is 3.69. The Balaban J connectivity index is 0.00000176. The normalized spacial score (nSPS) is 13.7. The largest absolute Gasteiger partial charge is 0.294 e. The minimum absolute atomic E-state index is 0.0532. The predicted molar refractivity (Wildman–Crippen MR) is 119 cm³/mol. The zero-order chi connectivity index (χ0) is 21.4. The van der Waals surface area contributed by atoms with Crippen LogP contribution < -0.4 is 4.57 Å². The van der Waals surface area contributed by atoms with Crippen molar-refractivity contribution in [2.45, 2.75) is 92.7 Å². The van der Waals surface area contributed by atoms with Gasteiger partial charge in [0.05, 0.1) is 12.5 Å². The third kappa shape index (κ3) is 3.81. The molecule has 1 aromatic carbocycles. The molecule has 1 heterocycles. The summed E-state index contributed by atoms with van der Waals surface area (Å²) in [6, 6.07) is 8.54. The second kappa shape index (κ2) is 7.58. The van der Waals surface area contributed by atoms with Crippen molar-refractivity contribution in [1.29, 1.82) is 0 Å². The quantitative estimate of drug-likeness (QED) is 0.668. The van der Waals surface area contributed by atoms with Crippen LogP contribution in [0.15, 0.2) is 24.3 Å². The average Bonchev–Trinajstić information content (AvgIpc) is 2.92. The molecular weight excluding hydrogens is 330 g/mol. The van der Waals surface area contributed by atoms with E-state index in [2.05, 4.69) is 115 Å². The number of aryl methyl sites for hydroxylation is 1. The molecule has 0 aliphatic carbocycles. The molecule has 1 aromatic heterocycles. The second-order valence-electron chi connectivity index (χ2n) is 10.1. The molecule has 0 unspecified atom stereocenters. The monoisotopic (exact) mass is 374 g/mol. The van der Waals surface area contributed by atoms with E-state index in [0.717, 1.165) is 0 Å². The Morgan fingerprint density at radius 1 is 0.815 bits per heavy atom. The van der Waals surface area contributed by atoms with E-state index < -0.39 is 0 Å². The molecule has 27 heavy (non-hydrogen) atoms. The molecule has 1 N–H and O–H groups in total. The van der Waals surface area contributed by atoms with E-state index in [1.165, 1.54) is 16.9 Å². The van der Waals surface area contributed by atoms with Crippen molar-refractivity contribution >= 4 is 11.0 Å². The van der Waals surface area contributed by atoms with E-state index in [4.69, 9.17) is 0 Å². The van der Waals surface area contributed by atoms with E-state index in [1.807, 2.05) is 13.8 Å². The first-order valence-corrected chi connectivity index (χ1v) is 10.4. The Morgan fingerprint density at radius 2 is 1.30 bits per heavy atom. The molecule has 3 heteroatoms. The number of aromatic amines is 1. The second-order valence-corrected chi connectivity index (χ2v) is 10.1. The number of para-hydroxylation sites is 2. The van der Waals surface area contributed by atoms with E-state index in [0.29, 0.717) is 0 Å². The number of benzene rings is 1. The van der Waals surface area contributed by atoms with Crippen LogP contribution in [0.25, 0.3) is 11.0 Å². The van der Waals surface area contributed by atoms with Gasteiger partial charge in [-0.3, -0.25) is 4.90 Å². The zero-order valence-corrected chi connectivity index (χ0v) is 20.2. The maximum Gasteiger partial charge on any atom is 0.262 e. The summed E-state index contributed by atoms with van der Waals surface area (Å²) in [7, 11) is 4.44. The van der Waals surface area contributed by atoms with Crippen molar-refractivity contribution in [3.8, 4) is 0 Å². The third-order valence-electron chi connectivity index (χ3n) is 7.49. The van der Waals surface area contributed by atoms with Gasteiger partial charge in [-0.05, 0) is 66.1 Å². The Bertz CT molecular complexity index is 758. The molecule has 0 amide bonds. The number of rotatable bonds is 4. The number of likely N-dealkylation sites (N-methyl/N-ethyl adjacent to an activating group) is 1. The van der Waals surface area contributed by atoms with Gasteiger partial charge in [0.1, 0.15) is 0 Å². The molecule has 0 spiro atoms. The summed E-state index contributed by atoms with van der Waals surface area (Å²) >= 11 is 0. The molecule has 0 saturated carbocycles. The minimum atomic E-state index is -0.0714. The lowest BCUT2D eigenvalue weighted by Gasteiger charge is -2.56. The number of H-pyrrole nitrogens is 1. The first-order chi connectivity index (χ1) is 12.2. The number of aromatic nitrogens is 2. The highest BCUT2D eigenvalue weighted by molar-refractivity contribution is 5.71. The Morgan fingerprint density at radius 3 is 1.74 bits per heavy atom. The van der Waals surface area contributed by atoms with Crippen LogP contribution in [0, 0.1) is 5.41 Å². The lowest BCUT2D eigenvalue weighted by Crippen LogP contribution is -2.66. The lowest BCUT2D eigenvalue weighted by molar-refractivity contribution is -0.657. The summed E-state index contributed by atoms with van der Waals surface area (Å²) in [5.74, 6) is 1.26. The van der Waals surface area contributed by atoms with Crippen LogP contribution in [0.3, 0.4) is 0 Å². The molecule has 154 valence electrons. The molecule has 0 aliphatic rings. The number of nitrogens with zero attached hydrogens (tertiary/aromatic N) is 2. The fourth-order valence-corrected chi connectivity index (χ4v) is 3.69. The van der Waals surface area contributed by atoms with E-state index in [9.17, 15) is 0 Å². The highest BCUT2D eigenvalue weighted by atomic mass is 15.3. The van der Waals surface area contributed by atoms with Crippen LogP contribution in [0.4, 0.5) is 0 Å². The third-order valence-corrected chi connectivity index (χ3v) is 7.49. The standard InChI is InChI=1S/C22H37N3.C2H6/c1-19(2,3)21(6,7)25(11)22(8,9)20(4,5)18-23-16-14-12-13-15-17(16)24(18)10;1-2/h12-15H,1-11H3;1-2H3/p+1. The zero-order valence-electron chi connectivity index (χ0n) is 20.2. The summed E-state index contributed by atoms with van der Waals surface area (Å²) < 4.78 is 2.31. The summed E-state index contributed by atoms with van der Waals surface area (Å²) in [5.41, 5.74) is 2.55. The Hall–Kier alpha value is -1.35. The first-order valence-electron chi connectivity index (χ1n) is 10.4. The number of hydrogen-bond acceptors (Lipinski definition) is 1. The van der Waals surface area contributed by atoms with Crippen LogP contribution in [0.2, 0.25) is 0 Å². The average molecular weight is 375 g/mol. The number of hydrogen-bond donors (Lipinski definition) is 1. The van der Waals surface area contributed by atoms with Crippen molar-refractivity contribution in [3.63, 3.8) is 0 Å². The predicted octanol–water partition coefficient (Wildman–Crippen LogP) is 5.83. The van der Waals surface area contributed by atoms with Crippen molar-refractivity contribution in [3.05, 3.63) is 30.1 Å². The van der Waals surface area contributed by atoms with Crippen molar-refractivity contribution in [2.24, 2.45) is 12.5 Å². The van der Waals surface area contributed by atoms with Gasteiger partial charge in [0.15, 0.2) is 11.0 Å². The summed E-state index contributed by atoms with van der Waals surface area (Å²) in [5, 5.41) is 0. The van der Waals surface area contributed by atoms with Crippen molar-refractivity contribution in [2.75, 3.05) is 7.05 Å². The van der Waals surface area contributed by atoms with Gasteiger partial charge in [-0.25, -0.2) is 9.55 Å². The fourth-order valence-electron chi connectivity index (χ4n) is 3.69. The maximum absolute atomic E-state index is 3.69. The molecule has 0 saturated heterocycles. The van der Waals surface area contributed by atoms with Crippen LogP contribution in [0.1, 0.15) is 82.0 Å². The van der Waals surface area contributed by atoms with Gasteiger partial charge in [0.25, 0.3) is 5.82 Å². The molecule has 0 aliphatic heterocycles.